The van der Waals surface area contributed by atoms with Crippen molar-refractivity contribution in [1.82, 2.24) is 5.32 Å². The number of phenolic OH excluding ortho intramolecular Hbond substituents is 1. The number of rotatable bonds is 6. The van der Waals surface area contributed by atoms with E-state index in [1.54, 1.807) is 30.3 Å². The van der Waals surface area contributed by atoms with Gasteiger partial charge in [0.25, 0.3) is 11.8 Å². The Bertz CT molecular complexity index is 1360. The quantitative estimate of drug-likeness (QED) is 0.252. The molecular weight excluding hydrogens is 570 g/mol. The van der Waals surface area contributed by atoms with E-state index in [-0.39, 0.29) is 23.6 Å². The van der Waals surface area contributed by atoms with Gasteiger partial charge in [0.2, 0.25) is 0 Å². The first kappa shape index (κ1) is 24.2. The Morgan fingerprint density at radius 3 is 2.49 bits per heavy atom. The number of methoxy groups -OCH3 is 1. The summed E-state index contributed by atoms with van der Waals surface area (Å²) in [4.78, 5) is 38.7. The molecule has 0 spiro atoms. The number of anilines is 1. The Balaban J connectivity index is 1.64. The second-order valence-corrected chi connectivity index (χ2v) is 8.55. The zero-order valence-corrected chi connectivity index (χ0v) is 20.4. The lowest BCUT2D eigenvalue weighted by atomic mass is 10.1. The van der Waals surface area contributed by atoms with Gasteiger partial charge in [-0.05, 0) is 76.7 Å². The molecule has 35 heavy (non-hydrogen) atoms. The van der Waals surface area contributed by atoms with Gasteiger partial charge in [0.15, 0.2) is 11.5 Å². The Hall–Kier alpha value is -3.93. The predicted molar refractivity (Wildman–Crippen MR) is 134 cm³/mol. The van der Waals surface area contributed by atoms with E-state index in [0.29, 0.717) is 26.2 Å². The number of barbiturate groups is 1. The number of hydrogen-bond acceptors (Lipinski definition) is 6. The summed E-state index contributed by atoms with van der Waals surface area (Å²) in [7, 11) is 1.43. The fourth-order valence-corrected chi connectivity index (χ4v) is 4.17. The van der Waals surface area contributed by atoms with Gasteiger partial charge in [-0.25, -0.2) is 14.1 Å². The normalized spacial score (nSPS) is 14.8. The topological polar surface area (TPSA) is 105 Å². The molecule has 0 unspecified atom stereocenters. The number of amides is 4. The molecule has 0 bridgehead atoms. The van der Waals surface area contributed by atoms with Gasteiger partial charge in [0.1, 0.15) is 23.7 Å². The van der Waals surface area contributed by atoms with Crippen LogP contribution in [0.2, 0.25) is 0 Å². The highest BCUT2D eigenvalue weighted by Gasteiger charge is 2.36. The van der Waals surface area contributed by atoms with Crippen LogP contribution in [0.3, 0.4) is 0 Å². The second-order valence-electron chi connectivity index (χ2n) is 7.39. The van der Waals surface area contributed by atoms with Crippen LogP contribution in [0.4, 0.5) is 14.9 Å². The molecule has 0 atom stereocenters. The van der Waals surface area contributed by atoms with Gasteiger partial charge in [0, 0.05) is 5.56 Å². The Labute approximate surface area is 213 Å². The largest absolute Gasteiger partial charge is 0.508 e. The van der Waals surface area contributed by atoms with Crippen molar-refractivity contribution in [2.24, 2.45) is 0 Å². The third-order valence-electron chi connectivity index (χ3n) is 5.10. The number of benzene rings is 3. The van der Waals surface area contributed by atoms with Crippen molar-refractivity contribution in [3.05, 3.63) is 86.8 Å². The number of carbonyl (C=O) groups is 3. The number of nitrogens with zero attached hydrogens (tertiary/aromatic N) is 1. The average Bonchev–Trinajstić information content (AvgIpc) is 2.83. The highest BCUT2D eigenvalue weighted by atomic mass is 127. The molecule has 4 amide bonds. The molecule has 3 aromatic rings. The molecule has 0 saturated carbocycles. The molecule has 10 heteroatoms. The first-order valence-electron chi connectivity index (χ1n) is 10.2. The predicted octanol–water partition coefficient (Wildman–Crippen LogP) is 4.39. The molecule has 4 rings (SSSR count). The summed E-state index contributed by atoms with van der Waals surface area (Å²) in [6.07, 6.45) is 1.34. The molecule has 178 valence electrons. The molecule has 8 nitrogen and oxygen atoms in total. The number of imide groups is 2. The Kier molecular flexibility index (Phi) is 7.01. The van der Waals surface area contributed by atoms with E-state index in [0.717, 1.165) is 4.90 Å². The highest BCUT2D eigenvalue weighted by Crippen LogP contribution is 2.36. The van der Waals surface area contributed by atoms with Gasteiger partial charge in [-0.3, -0.25) is 14.9 Å². The molecule has 2 N–H and O–H groups in total. The van der Waals surface area contributed by atoms with Crippen LogP contribution in [-0.2, 0) is 16.2 Å². The van der Waals surface area contributed by atoms with E-state index >= 15 is 0 Å². The summed E-state index contributed by atoms with van der Waals surface area (Å²) in [5, 5.41) is 11.6. The van der Waals surface area contributed by atoms with Crippen molar-refractivity contribution in [2.45, 2.75) is 6.61 Å². The summed E-state index contributed by atoms with van der Waals surface area (Å²) >= 11 is 2.01. The third kappa shape index (κ3) is 5.11. The molecule has 0 aromatic heterocycles. The Morgan fingerprint density at radius 2 is 1.80 bits per heavy atom. The van der Waals surface area contributed by atoms with Crippen molar-refractivity contribution in [2.75, 3.05) is 12.0 Å². The van der Waals surface area contributed by atoms with E-state index in [9.17, 15) is 23.9 Å². The van der Waals surface area contributed by atoms with Crippen molar-refractivity contribution < 1.29 is 33.4 Å². The number of hydrogen-bond donors (Lipinski definition) is 2. The number of ether oxygens (including phenoxy) is 2. The van der Waals surface area contributed by atoms with Crippen LogP contribution in [-0.4, -0.2) is 30.1 Å². The number of nitrogens with one attached hydrogen (secondary N) is 1. The summed E-state index contributed by atoms with van der Waals surface area (Å²) < 4.78 is 25.8. The van der Waals surface area contributed by atoms with E-state index < -0.39 is 23.7 Å². The van der Waals surface area contributed by atoms with E-state index in [4.69, 9.17) is 9.47 Å². The zero-order chi connectivity index (χ0) is 25.1. The number of halogens is 2. The van der Waals surface area contributed by atoms with Gasteiger partial charge in [-0.2, -0.15) is 0 Å². The molecular formula is C25H18FIN2O6. The van der Waals surface area contributed by atoms with Crippen molar-refractivity contribution in [3.8, 4) is 17.2 Å². The van der Waals surface area contributed by atoms with Gasteiger partial charge in [0.05, 0.1) is 16.4 Å². The molecule has 1 aliphatic heterocycles. The van der Waals surface area contributed by atoms with E-state index in [1.165, 1.54) is 43.5 Å². The van der Waals surface area contributed by atoms with Gasteiger partial charge in [-0.15, -0.1) is 0 Å². The maximum absolute atomic E-state index is 13.9. The third-order valence-corrected chi connectivity index (χ3v) is 5.90. The fraction of sp³-hybridized carbons (Fsp3) is 0.0800. The minimum Gasteiger partial charge on any atom is -0.508 e. The summed E-state index contributed by atoms with van der Waals surface area (Å²) in [6, 6.07) is 14.0. The smallest absolute Gasteiger partial charge is 0.335 e. The maximum Gasteiger partial charge on any atom is 0.335 e. The van der Waals surface area contributed by atoms with Crippen LogP contribution >= 0.6 is 22.6 Å². The zero-order valence-electron chi connectivity index (χ0n) is 18.2. The number of urea groups is 1. The number of aromatic hydroxyl groups is 1. The van der Waals surface area contributed by atoms with Crippen LogP contribution in [0.25, 0.3) is 6.08 Å². The van der Waals surface area contributed by atoms with Crippen LogP contribution < -0.4 is 19.7 Å². The standard InChI is InChI=1S/C25H18FIN2O6/c1-34-21-12-14(11-20(27)22(21)35-13-15-4-2-3-5-19(15)26)10-18-23(31)28-25(33)29(24(18)32)16-6-8-17(30)9-7-16/h2-12,30H,13H2,1H3,(H,28,31,33)/b18-10+. The van der Waals surface area contributed by atoms with E-state index in [2.05, 4.69) is 5.32 Å². The summed E-state index contributed by atoms with van der Waals surface area (Å²) in [5.74, 6) is -1.40. The lowest BCUT2D eigenvalue weighted by Crippen LogP contribution is -2.54. The van der Waals surface area contributed by atoms with Crippen LogP contribution in [0.5, 0.6) is 17.2 Å². The van der Waals surface area contributed by atoms with Gasteiger partial charge in [-0.1, -0.05) is 18.2 Å². The molecule has 1 heterocycles. The van der Waals surface area contributed by atoms with Gasteiger partial charge >= 0.3 is 6.03 Å². The van der Waals surface area contributed by atoms with Crippen LogP contribution in [0.1, 0.15) is 11.1 Å². The summed E-state index contributed by atoms with van der Waals surface area (Å²) in [5.41, 5.74) is 0.742. The second kappa shape index (κ2) is 10.1. The Morgan fingerprint density at radius 1 is 1.09 bits per heavy atom. The molecule has 1 fully saturated rings. The minimum absolute atomic E-state index is 0.0237. The number of phenols is 1. The fourth-order valence-electron chi connectivity index (χ4n) is 3.39. The van der Waals surface area contributed by atoms with Crippen molar-refractivity contribution in [1.29, 1.82) is 0 Å². The minimum atomic E-state index is -0.896. The maximum atomic E-state index is 13.9. The summed E-state index contributed by atoms with van der Waals surface area (Å²) in [6.45, 7) is -0.0237. The van der Waals surface area contributed by atoms with Crippen LogP contribution in [0.15, 0.2) is 66.2 Å². The van der Waals surface area contributed by atoms with Crippen LogP contribution in [0, 0.1) is 9.39 Å². The lowest BCUT2D eigenvalue weighted by Gasteiger charge is -2.26. The molecule has 1 aliphatic rings. The highest BCUT2D eigenvalue weighted by molar-refractivity contribution is 14.1. The lowest BCUT2D eigenvalue weighted by molar-refractivity contribution is -0.122. The van der Waals surface area contributed by atoms with Crippen molar-refractivity contribution in [3.63, 3.8) is 0 Å². The molecule has 3 aromatic carbocycles. The number of carbonyl (C=O) groups excluding carboxylic acids is 3. The molecule has 0 radical (unpaired) electrons. The van der Waals surface area contributed by atoms with Gasteiger partial charge < -0.3 is 14.6 Å². The first-order chi connectivity index (χ1) is 16.8. The van der Waals surface area contributed by atoms with E-state index in [1.807, 2.05) is 22.6 Å². The average molecular weight is 588 g/mol. The molecule has 1 saturated heterocycles. The van der Waals surface area contributed by atoms with Crippen molar-refractivity contribution >= 4 is 52.2 Å². The first-order valence-corrected chi connectivity index (χ1v) is 11.3. The molecule has 0 aliphatic carbocycles. The SMILES string of the molecule is COc1cc(/C=C2\C(=O)NC(=O)N(c3ccc(O)cc3)C2=O)cc(I)c1OCc1ccccc1F. The monoisotopic (exact) mass is 588 g/mol.